The van der Waals surface area contributed by atoms with Crippen LogP contribution in [0.3, 0.4) is 0 Å². The summed E-state index contributed by atoms with van der Waals surface area (Å²) in [6.45, 7) is 2.34. The zero-order valence-corrected chi connectivity index (χ0v) is 13.6. The number of aryl methyl sites for hydroxylation is 1. The van der Waals surface area contributed by atoms with E-state index in [1.54, 1.807) is 31.6 Å². The summed E-state index contributed by atoms with van der Waals surface area (Å²) in [7, 11) is 1.68. The first kappa shape index (κ1) is 15.9. The standard InChI is InChI=1S/C17H18N4O3/c1-3-5-13-8-16(20-23-13)17(22)21(2)11-14-9-15(19-24-14)12-6-4-7-18-10-12/h4,6-10H,3,5,11H2,1-2H3. The van der Waals surface area contributed by atoms with Gasteiger partial charge in [0.25, 0.3) is 5.91 Å². The van der Waals surface area contributed by atoms with Crippen molar-refractivity contribution in [3.8, 4) is 11.3 Å². The van der Waals surface area contributed by atoms with Crippen molar-refractivity contribution in [3.63, 3.8) is 0 Å². The Morgan fingerprint density at radius 1 is 1.21 bits per heavy atom. The summed E-state index contributed by atoms with van der Waals surface area (Å²) < 4.78 is 10.5. The van der Waals surface area contributed by atoms with Gasteiger partial charge in [0.05, 0.1) is 6.54 Å². The third kappa shape index (κ3) is 3.51. The monoisotopic (exact) mass is 326 g/mol. The number of aromatic nitrogens is 3. The summed E-state index contributed by atoms with van der Waals surface area (Å²) in [6, 6.07) is 7.21. The van der Waals surface area contributed by atoms with E-state index in [1.807, 2.05) is 19.1 Å². The van der Waals surface area contributed by atoms with Crippen molar-refractivity contribution in [1.82, 2.24) is 20.2 Å². The molecule has 0 aliphatic carbocycles. The molecule has 24 heavy (non-hydrogen) atoms. The third-order valence-electron chi connectivity index (χ3n) is 3.53. The second-order valence-electron chi connectivity index (χ2n) is 5.51. The quantitative estimate of drug-likeness (QED) is 0.692. The second-order valence-corrected chi connectivity index (χ2v) is 5.51. The average Bonchev–Trinajstić information content (AvgIpc) is 3.25. The van der Waals surface area contributed by atoms with Crippen molar-refractivity contribution >= 4 is 5.91 Å². The van der Waals surface area contributed by atoms with Gasteiger partial charge < -0.3 is 13.9 Å². The lowest BCUT2D eigenvalue weighted by Crippen LogP contribution is -2.26. The Bertz CT molecular complexity index is 810. The highest BCUT2D eigenvalue weighted by Crippen LogP contribution is 2.19. The summed E-state index contributed by atoms with van der Waals surface area (Å²) in [6.07, 6.45) is 5.11. The summed E-state index contributed by atoms with van der Waals surface area (Å²) in [5.74, 6) is 1.08. The summed E-state index contributed by atoms with van der Waals surface area (Å²) in [5, 5.41) is 7.84. The van der Waals surface area contributed by atoms with E-state index >= 15 is 0 Å². The Morgan fingerprint density at radius 2 is 2.04 bits per heavy atom. The van der Waals surface area contributed by atoms with Crippen LogP contribution in [0, 0.1) is 0 Å². The molecule has 0 atom stereocenters. The molecule has 0 saturated heterocycles. The lowest BCUT2D eigenvalue weighted by molar-refractivity contribution is 0.0762. The summed E-state index contributed by atoms with van der Waals surface area (Å²) in [4.78, 5) is 17.9. The van der Waals surface area contributed by atoms with Crippen LogP contribution in [0.2, 0.25) is 0 Å². The van der Waals surface area contributed by atoms with E-state index in [0.717, 1.165) is 18.4 Å². The molecule has 7 heteroatoms. The topological polar surface area (TPSA) is 85.3 Å². The number of amides is 1. The SMILES string of the molecule is CCCc1cc(C(=O)N(C)Cc2cc(-c3cccnc3)no2)no1. The average molecular weight is 326 g/mol. The molecule has 0 spiro atoms. The number of nitrogens with zero attached hydrogens (tertiary/aromatic N) is 4. The molecule has 0 aliphatic heterocycles. The van der Waals surface area contributed by atoms with E-state index in [-0.39, 0.29) is 5.91 Å². The number of rotatable bonds is 6. The van der Waals surface area contributed by atoms with Gasteiger partial charge in [0.2, 0.25) is 0 Å². The fraction of sp³-hybridized carbons (Fsp3) is 0.294. The summed E-state index contributed by atoms with van der Waals surface area (Å²) in [5.41, 5.74) is 1.85. The Labute approximate surface area is 139 Å². The van der Waals surface area contributed by atoms with E-state index in [1.165, 1.54) is 4.90 Å². The van der Waals surface area contributed by atoms with Gasteiger partial charge in [-0.25, -0.2) is 0 Å². The van der Waals surface area contributed by atoms with Crippen LogP contribution in [0.4, 0.5) is 0 Å². The number of hydrogen-bond donors (Lipinski definition) is 0. The molecule has 0 unspecified atom stereocenters. The van der Waals surface area contributed by atoms with Crippen LogP contribution < -0.4 is 0 Å². The number of hydrogen-bond acceptors (Lipinski definition) is 6. The molecule has 3 heterocycles. The number of carbonyl (C=O) groups excluding carboxylic acids is 1. The summed E-state index contributed by atoms with van der Waals surface area (Å²) >= 11 is 0. The van der Waals surface area contributed by atoms with Crippen LogP contribution in [0.25, 0.3) is 11.3 Å². The normalized spacial score (nSPS) is 10.8. The zero-order valence-electron chi connectivity index (χ0n) is 13.6. The number of carbonyl (C=O) groups is 1. The molecule has 0 bridgehead atoms. The van der Waals surface area contributed by atoms with Gasteiger partial charge in [0.1, 0.15) is 11.5 Å². The Morgan fingerprint density at radius 3 is 2.79 bits per heavy atom. The smallest absolute Gasteiger partial charge is 0.276 e. The largest absolute Gasteiger partial charge is 0.361 e. The van der Waals surface area contributed by atoms with Crippen LogP contribution in [0.15, 0.2) is 45.7 Å². The fourth-order valence-electron chi connectivity index (χ4n) is 2.32. The van der Waals surface area contributed by atoms with Crippen LogP contribution >= 0.6 is 0 Å². The van der Waals surface area contributed by atoms with Gasteiger partial charge in [-0.15, -0.1) is 0 Å². The lowest BCUT2D eigenvalue weighted by atomic mass is 10.2. The minimum Gasteiger partial charge on any atom is -0.361 e. The first-order valence-corrected chi connectivity index (χ1v) is 7.74. The van der Waals surface area contributed by atoms with Gasteiger partial charge in [-0.2, -0.15) is 0 Å². The predicted octanol–water partition coefficient (Wildman–Crippen LogP) is 2.95. The molecule has 3 rings (SSSR count). The lowest BCUT2D eigenvalue weighted by Gasteiger charge is -2.12. The molecule has 7 nitrogen and oxygen atoms in total. The molecule has 0 fully saturated rings. The molecule has 0 aliphatic rings. The zero-order chi connectivity index (χ0) is 16.9. The third-order valence-corrected chi connectivity index (χ3v) is 3.53. The maximum atomic E-state index is 12.4. The molecule has 0 N–H and O–H groups in total. The van der Waals surface area contributed by atoms with E-state index in [4.69, 9.17) is 9.05 Å². The van der Waals surface area contributed by atoms with Gasteiger partial charge in [-0.1, -0.05) is 17.2 Å². The molecule has 0 aromatic carbocycles. The Balaban J connectivity index is 1.67. The van der Waals surface area contributed by atoms with Crippen molar-refractivity contribution in [3.05, 3.63) is 53.9 Å². The first-order chi connectivity index (χ1) is 11.7. The van der Waals surface area contributed by atoms with Crippen molar-refractivity contribution in [2.45, 2.75) is 26.3 Å². The molecular weight excluding hydrogens is 308 g/mol. The second kappa shape index (κ2) is 7.08. The van der Waals surface area contributed by atoms with E-state index < -0.39 is 0 Å². The van der Waals surface area contributed by atoms with Gasteiger partial charge >= 0.3 is 0 Å². The maximum Gasteiger partial charge on any atom is 0.276 e. The van der Waals surface area contributed by atoms with Gasteiger partial charge in [-0.3, -0.25) is 9.78 Å². The van der Waals surface area contributed by atoms with Crippen molar-refractivity contribution < 1.29 is 13.8 Å². The maximum absolute atomic E-state index is 12.4. The molecule has 0 radical (unpaired) electrons. The highest BCUT2D eigenvalue weighted by atomic mass is 16.5. The first-order valence-electron chi connectivity index (χ1n) is 7.74. The minimum atomic E-state index is -0.222. The Hall–Kier alpha value is -2.96. The van der Waals surface area contributed by atoms with Crippen molar-refractivity contribution in [2.75, 3.05) is 7.05 Å². The van der Waals surface area contributed by atoms with Gasteiger partial charge in [0.15, 0.2) is 11.5 Å². The molecule has 124 valence electrons. The highest BCUT2D eigenvalue weighted by Gasteiger charge is 2.18. The molecule has 1 amide bonds. The van der Waals surface area contributed by atoms with Crippen LogP contribution in [-0.2, 0) is 13.0 Å². The van der Waals surface area contributed by atoms with Crippen molar-refractivity contribution in [1.29, 1.82) is 0 Å². The molecular formula is C17H18N4O3. The van der Waals surface area contributed by atoms with Crippen LogP contribution in [0.1, 0.15) is 35.4 Å². The highest BCUT2D eigenvalue weighted by molar-refractivity contribution is 5.92. The van der Waals surface area contributed by atoms with E-state index in [0.29, 0.717) is 29.5 Å². The molecule has 0 saturated carbocycles. The molecule has 3 aromatic rings. The fourth-order valence-corrected chi connectivity index (χ4v) is 2.32. The van der Waals surface area contributed by atoms with Crippen molar-refractivity contribution in [2.24, 2.45) is 0 Å². The minimum absolute atomic E-state index is 0.222. The molecule has 3 aromatic heterocycles. The van der Waals surface area contributed by atoms with Gasteiger partial charge in [0, 0.05) is 43.6 Å². The Kier molecular flexibility index (Phi) is 4.69. The van der Waals surface area contributed by atoms with Crippen LogP contribution in [-0.4, -0.2) is 33.2 Å². The predicted molar refractivity (Wildman–Crippen MR) is 86.0 cm³/mol. The van der Waals surface area contributed by atoms with E-state index in [9.17, 15) is 4.79 Å². The number of pyridine rings is 1. The van der Waals surface area contributed by atoms with E-state index in [2.05, 4.69) is 15.3 Å². The van der Waals surface area contributed by atoms with Crippen LogP contribution in [0.5, 0.6) is 0 Å². The van der Waals surface area contributed by atoms with Gasteiger partial charge in [-0.05, 0) is 18.6 Å².